The highest BCUT2D eigenvalue weighted by Gasteiger charge is 2.40. The monoisotopic (exact) mass is 323 g/mol. The maximum Gasteiger partial charge on any atom is 0.402 e. The zero-order chi connectivity index (χ0) is 12.6. The van der Waals surface area contributed by atoms with Crippen LogP contribution in [0.5, 0.6) is 0 Å². The van der Waals surface area contributed by atoms with Crippen molar-refractivity contribution in [3.05, 3.63) is 0 Å². The molecule has 0 saturated carbocycles. The van der Waals surface area contributed by atoms with E-state index in [1.54, 1.807) is 11.8 Å². The first-order valence-corrected chi connectivity index (χ1v) is 7.51. The third kappa shape index (κ3) is 3.89. The lowest BCUT2D eigenvalue weighted by Crippen LogP contribution is -2.50. The molecular weight excluding hydrogens is 311 g/mol. The van der Waals surface area contributed by atoms with E-state index in [0.29, 0.717) is 0 Å². The molecule has 0 aromatic rings. The van der Waals surface area contributed by atoms with Crippen LogP contribution in [-0.2, 0) is 9.84 Å². The summed E-state index contributed by atoms with van der Waals surface area (Å²) in [5, 5.41) is 0. The quantitative estimate of drug-likeness (QED) is 0.721. The van der Waals surface area contributed by atoms with Crippen molar-refractivity contribution in [3.8, 4) is 0 Å². The standard InChI is InChI=1S/C8H13BrF3NO2S/c1-6-5-16(14,15)3-2-13(6)4-7(9)8(10,11)12/h6-7H,2-5H2,1H3. The lowest BCUT2D eigenvalue weighted by atomic mass is 10.2. The lowest BCUT2D eigenvalue weighted by molar-refractivity contribution is -0.131. The highest BCUT2D eigenvalue weighted by molar-refractivity contribution is 9.09. The van der Waals surface area contributed by atoms with Gasteiger partial charge in [-0.25, -0.2) is 8.42 Å². The predicted octanol–water partition coefficient (Wildman–Crippen LogP) is 1.43. The SMILES string of the molecule is CC1CS(=O)(=O)CCN1CC(Br)C(F)(F)F. The van der Waals surface area contributed by atoms with Crippen LogP contribution in [0.1, 0.15) is 6.92 Å². The molecule has 2 atom stereocenters. The smallest absolute Gasteiger partial charge is 0.297 e. The Labute approximate surface area is 101 Å². The second-order valence-corrected chi connectivity index (χ2v) is 7.30. The Balaban J connectivity index is 2.58. The molecule has 3 nitrogen and oxygen atoms in total. The van der Waals surface area contributed by atoms with Crippen LogP contribution in [0, 0.1) is 0 Å². The molecule has 0 aromatic carbocycles. The van der Waals surface area contributed by atoms with Crippen molar-refractivity contribution in [1.82, 2.24) is 4.90 Å². The molecule has 96 valence electrons. The molecule has 0 amide bonds. The Kier molecular flexibility index (Phi) is 4.29. The van der Waals surface area contributed by atoms with Crippen LogP contribution in [0.4, 0.5) is 13.2 Å². The number of alkyl halides is 4. The average molecular weight is 324 g/mol. The van der Waals surface area contributed by atoms with Crippen molar-refractivity contribution in [2.24, 2.45) is 0 Å². The fourth-order valence-corrected chi connectivity index (χ4v) is 3.61. The molecular formula is C8H13BrF3NO2S. The topological polar surface area (TPSA) is 37.4 Å². The van der Waals surface area contributed by atoms with Crippen LogP contribution in [0.2, 0.25) is 0 Å². The van der Waals surface area contributed by atoms with E-state index in [2.05, 4.69) is 15.9 Å². The summed E-state index contributed by atoms with van der Waals surface area (Å²) in [6, 6.07) is -0.360. The molecule has 0 aliphatic carbocycles. The van der Waals surface area contributed by atoms with E-state index in [4.69, 9.17) is 0 Å². The first-order chi connectivity index (χ1) is 7.12. The first kappa shape index (κ1) is 14.2. The van der Waals surface area contributed by atoms with Gasteiger partial charge in [0.2, 0.25) is 0 Å². The van der Waals surface area contributed by atoms with Crippen molar-refractivity contribution in [1.29, 1.82) is 0 Å². The van der Waals surface area contributed by atoms with Gasteiger partial charge in [-0.15, -0.1) is 0 Å². The minimum Gasteiger partial charge on any atom is -0.297 e. The minimum atomic E-state index is -4.30. The number of hydrogen-bond acceptors (Lipinski definition) is 3. The van der Waals surface area contributed by atoms with Gasteiger partial charge in [-0.1, -0.05) is 15.9 Å². The summed E-state index contributed by atoms with van der Waals surface area (Å²) in [5.41, 5.74) is 0. The van der Waals surface area contributed by atoms with Crippen LogP contribution in [0.25, 0.3) is 0 Å². The van der Waals surface area contributed by atoms with Gasteiger partial charge in [-0.2, -0.15) is 13.2 Å². The van der Waals surface area contributed by atoms with Gasteiger partial charge in [0.15, 0.2) is 9.84 Å². The highest BCUT2D eigenvalue weighted by atomic mass is 79.9. The molecule has 1 aliphatic heterocycles. The molecule has 1 fully saturated rings. The van der Waals surface area contributed by atoms with Crippen LogP contribution >= 0.6 is 15.9 Å². The molecule has 1 aliphatic rings. The average Bonchev–Trinajstić information content (AvgIpc) is 2.07. The minimum absolute atomic E-state index is 0.0606. The number of sulfone groups is 1. The molecule has 0 N–H and O–H groups in total. The molecule has 16 heavy (non-hydrogen) atoms. The predicted molar refractivity (Wildman–Crippen MR) is 58.5 cm³/mol. The third-order valence-electron chi connectivity index (χ3n) is 2.56. The summed E-state index contributed by atoms with van der Waals surface area (Å²) in [4.78, 5) is -0.0585. The van der Waals surface area contributed by atoms with E-state index in [9.17, 15) is 21.6 Å². The van der Waals surface area contributed by atoms with Crippen LogP contribution in [0.15, 0.2) is 0 Å². The van der Waals surface area contributed by atoms with Gasteiger partial charge in [-0.05, 0) is 6.92 Å². The number of nitrogens with zero attached hydrogens (tertiary/aromatic N) is 1. The molecule has 0 bridgehead atoms. The van der Waals surface area contributed by atoms with Gasteiger partial charge < -0.3 is 0 Å². The Morgan fingerprint density at radius 2 is 2.06 bits per heavy atom. The number of halogens is 4. The fraction of sp³-hybridized carbons (Fsp3) is 1.00. The molecule has 1 rings (SSSR count). The maximum atomic E-state index is 12.3. The summed E-state index contributed by atoms with van der Waals surface area (Å²) in [6.07, 6.45) is -4.30. The van der Waals surface area contributed by atoms with Crippen molar-refractivity contribution in [2.75, 3.05) is 24.6 Å². The summed E-state index contributed by atoms with van der Waals surface area (Å²) in [6.45, 7) is 1.59. The van der Waals surface area contributed by atoms with Gasteiger partial charge in [-0.3, -0.25) is 4.90 Å². The number of hydrogen-bond donors (Lipinski definition) is 0. The van der Waals surface area contributed by atoms with E-state index in [1.165, 1.54) is 0 Å². The molecule has 2 unspecified atom stereocenters. The van der Waals surface area contributed by atoms with E-state index < -0.39 is 20.8 Å². The normalized spacial score (nSPS) is 28.9. The van der Waals surface area contributed by atoms with Gasteiger partial charge >= 0.3 is 6.18 Å². The summed E-state index contributed by atoms with van der Waals surface area (Å²) in [5.74, 6) is -0.126. The lowest BCUT2D eigenvalue weighted by Gasteiger charge is -2.34. The van der Waals surface area contributed by atoms with Crippen molar-refractivity contribution >= 4 is 25.8 Å². The third-order valence-corrected chi connectivity index (χ3v) is 5.16. The summed E-state index contributed by atoms with van der Waals surface area (Å²) < 4.78 is 59.3. The Morgan fingerprint density at radius 1 is 1.50 bits per heavy atom. The zero-order valence-electron chi connectivity index (χ0n) is 8.67. The van der Waals surface area contributed by atoms with Gasteiger partial charge in [0.05, 0.1) is 11.5 Å². The zero-order valence-corrected chi connectivity index (χ0v) is 11.1. The van der Waals surface area contributed by atoms with Crippen LogP contribution < -0.4 is 0 Å². The Hall–Kier alpha value is 0.180. The van der Waals surface area contributed by atoms with E-state index in [1.807, 2.05) is 0 Å². The van der Waals surface area contributed by atoms with Crippen molar-refractivity contribution in [3.63, 3.8) is 0 Å². The molecule has 0 spiro atoms. The molecule has 0 aromatic heterocycles. The first-order valence-electron chi connectivity index (χ1n) is 4.77. The number of rotatable bonds is 2. The van der Waals surface area contributed by atoms with Gasteiger partial charge in [0.25, 0.3) is 0 Å². The highest BCUT2D eigenvalue weighted by Crippen LogP contribution is 2.28. The van der Waals surface area contributed by atoms with Crippen molar-refractivity contribution < 1.29 is 21.6 Å². The Morgan fingerprint density at radius 3 is 2.50 bits per heavy atom. The van der Waals surface area contributed by atoms with Crippen LogP contribution in [0.3, 0.4) is 0 Å². The second-order valence-electron chi connectivity index (χ2n) is 3.97. The Bertz CT molecular complexity index is 344. The molecule has 8 heteroatoms. The van der Waals surface area contributed by atoms with E-state index >= 15 is 0 Å². The van der Waals surface area contributed by atoms with E-state index in [0.717, 1.165) is 0 Å². The van der Waals surface area contributed by atoms with Crippen LogP contribution in [-0.4, -0.2) is 55.0 Å². The summed E-state index contributed by atoms with van der Waals surface area (Å²) >= 11 is 2.57. The summed E-state index contributed by atoms with van der Waals surface area (Å²) in [7, 11) is -3.07. The largest absolute Gasteiger partial charge is 0.402 e. The molecule has 0 radical (unpaired) electrons. The molecule has 1 saturated heterocycles. The fourth-order valence-electron chi connectivity index (χ4n) is 1.61. The second kappa shape index (κ2) is 4.81. The molecule has 1 heterocycles. The van der Waals surface area contributed by atoms with Crippen molar-refractivity contribution in [2.45, 2.75) is 24.0 Å². The van der Waals surface area contributed by atoms with Gasteiger partial charge in [0, 0.05) is 19.1 Å². The maximum absolute atomic E-state index is 12.3. The van der Waals surface area contributed by atoms with Gasteiger partial charge in [0.1, 0.15) is 4.83 Å². The van der Waals surface area contributed by atoms with E-state index in [-0.39, 0.29) is 30.6 Å².